The van der Waals surface area contributed by atoms with E-state index in [9.17, 15) is 32.7 Å². The van der Waals surface area contributed by atoms with Crippen molar-refractivity contribution in [2.24, 2.45) is 5.92 Å². The van der Waals surface area contributed by atoms with E-state index in [0.29, 0.717) is 22.3 Å². The summed E-state index contributed by atoms with van der Waals surface area (Å²) in [7, 11) is -4.27. The van der Waals surface area contributed by atoms with Gasteiger partial charge in [-0.2, -0.15) is 0 Å². The Balaban J connectivity index is 1.29. The topological polar surface area (TPSA) is 184 Å². The van der Waals surface area contributed by atoms with Gasteiger partial charge in [0.25, 0.3) is 15.9 Å². The van der Waals surface area contributed by atoms with Gasteiger partial charge >= 0.3 is 0 Å². The summed E-state index contributed by atoms with van der Waals surface area (Å²) < 4.78 is 34.6. The first-order chi connectivity index (χ1) is 24.8. The molecule has 5 atom stereocenters. The van der Waals surface area contributed by atoms with E-state index < -0.39 is 63.3 Å². The van der Waals surface area contributed by atoms with Crippen LogP contribution >= 0.6 is 0 Å². The number of nitrogens with one attached hydrogen (secondary N) is 3. The third-order valence-corrected chi connectivity index (χ3v) is 10.6. The van der Waals surface area contributed by atoms with Crippen LogP contribution in [0.25, 0.3) is 22.2 Å². The molecule has 0 spiro atoms. The zero-order chi connectivity index (χ0) is 37.2. The number of phenolic OH excluding ortho intramolecular Hbond substituents is 1. The van der Waals surface area contributed by atoms with Gasteiger partial charge < -0.3 is 25.4 Å². The fourth-order valence-corrected chi connectivity index (χ4v) is 7.44. The van der Waals surface area contributed by atoms with Crippen molar-refractivity contribution in [3.05, 3.63) is 110 Å². The van der Waals surface area contributed by atoms with Crippen molar-refractivity contribution in [3.8, 4) is 22.8 Å². The van der Waals surface area contributed by atoms with Crippen LogP contribution in [0.2, 0.25) is 0 Å². The van der Waals surface area contributed by atoms with Crippen molar-refractivity contribution in [1.82, 2.24) is 25.2 Å². The molecule has 1 aliphatic heterocycles. The lowest BCUT2D eigenvalue weighted by Crippen LogP contribution is -2.57. The Bertz CT molecular complexity index is 2180. The summed E-state index contributed by atoms with van der Waals surface area (Å²) >= 11 is 0. The molecular formula is C38H37N5O8S. The molecule has 0 radical (unpaired) electrons. The van der Waals surface area contributed by atoms with Crippen LogP contribution in [-0.2, 0) is 29.2 Å². The second kappa shape index (κ2) is 14.3. The number of phenols is 1. The smallest absolute Gasteiger partial charge is 0.264 e. The molecule has 1 saturated carbocycles. The molecule has 2 fully saturated rings. The predicted octanol–water partition coefficient (Wildman–Crippen LogP) is 3.21. The van der Waals surface area contributed by atoms with Crippen LogP contribution < -0.4 is 20.1 Å². The van der Waals surface area contributed by atoms with Crippen molar-refractivity contribution >= 4 is 44.6 Å². The van der Waals surface area contributed by atoms with E-state index in [1.54, 1.807) is 18.2 Å². The second-order valence-electron chi connectivity index (χ2n) is 12.7. The number of carbonyl (C=O) groups is 4. The van der Waals surface area contributed by atoms with Gasteiger partial charge in [-0.1, -0.05) is 61.2 Å². The van der Waals surface area contributed by atoms with Gasteiger partial charge in [-0.3, -0.25) is 19.2 Å². The van der Waals surface area contributed by atoms with Crippen LogP contribution in [0.4, 0.5) is 0 Å². The second-order valence-corrected chi connectivity index (χ2v) is 14.4. The largest absolute Gasteiger partial charge is 0.508 e. The summed E-state index contributed by atoms with van der Waals surface area (Å²) in [6.07, 6.45) is 1.81. The summed E-state index contributed by atoms with van der Waals surface area (Å²) in [5, 5.41) is 16.0. The lowest BCUT2D eigenvalue weighted by Gasteiger charge is -2.28. The van der Waals surface area contributed by atoms with E-state index in [0.717, 1.165) is 11.6 Å². The molecule has 4 amide bonds. The lowest BCUT2D eigenvalue weighted by atomic mass is 10.1. The minimum absolute atomic E-state index is 0.00790. The number of ether oxygens (including phenoxy) is 1. The van der Waals surface area contributed by atoms with E-state index in [2.05, 4.69) is 28.5 Å². The van der Waals surface area contributed by atoms with Crippen LogP contribution in [0.1, 0.15) is 19.8 Å². The molecule has 1 aromatic heterocycles. The number of likely N-dealkylation sites (tertiary alicyclic amines) is 1. The minimum Gasteiger partial charge on any atom is -0.508 e. The molecule has 0 bridgehead atoms. The number of hydrogen-bond donors (Lipinski definition) is 4. The highest BCUT2D eigenvalue weighted by atomic mass is 32.2. The quantitative estimate of drug-likeness (QED) is 0.126. The van der Waals surface area contributed by atoms with Crippen molar-refractivity contribution < 1.29 is 37.4 Å². The fraction of sp³-hybridized carbons (Fsp3) is 0.237. The molecule has 268 valence electrons. The highest BCUT2D eigenvalue weighted by Crippen LogP contribution is 2.45. The van der Waals surface area contributed by atoms with Gasteiger partial charge in [-0.25, -0.2) is 18.1 Å². The summed E-state index contributed by atoms with van der Waals surface area (Å²) in [6.45, 7) is 8.57. The molecule has 6 rings (SSSR count). The van der Waals surface area contributed by atoms with Crippen LogP contribution in [0.3, 0.4) is 0 Å². The van der Waals surface area contributed by atoms with E-state index in [4.69, 9.17) is 9.72 Å². The SMILES string of the molecule is C=CC(=O)N[C@H](C)C(=O)N1C[C@H](Oc2cc(-c3ccccc3)nc3cc(O)ccc23)C[C@H]1C(=O)N[C@]1(C(=O)NS(=O)(=O)c2ccccc2)C[C@H]1C=C. The first kappa shape index (κ1) is 35.8. The monoisotopic (exact) mass is 723 g/mol. The van der Waals surface area contributed by atoms with Crippen LogP contribution in [0.5, 0.6) is 11.5 Å². The number of hydrogen-bond acceptors (Lipinski definition) is 9. The number of nitrogens with zero attached hydrogens (tertiary/aromatic N) is 2. The van der Waals surface area contributed by atoms with Crippen molar-refractivity contribution in [2.45, 2.75) is 48.4 Å². The number of aromatic hydroxyl groups is 1. The average Bonchev–Trinajstić information content (AvgIpc) is 3.70. The Hall–Kier alpha value is -6.02. The fourth-order valence-electron chi connectivity index (χ4n) is 6.39. The average molecular weight is 724 g/mol. The van der Waals surface area contributed by atoms with E-state index in [1.807, 2.05) is 30.3 Å². The molecule has 13 nitrogen and oxygen atoms in total. The number of rotatable bonds is 12. The zero-order valence-corrected chi connectivity index (χ0v) is 29.0. The van der Waals surface area contributed by atoms with Gasteiger partial charge in [0, 0.05) is 35.4 Å². The number of aromatic nitrogens is 1. The van der Waals surface area contributed by atoms with Crippen molar-refractivity contribution in [3.63, 3.8) is 0 Å². The standard InChI is InChI=1S/C38H37N5O8S/c1-4-25-21-38(25,37(48)42-52(49,50)28-14-10-7-11-15-28)41-35(46)32-19-27(22-43(32)36(47)23(3)39-34(45)5-2)51-33-20-30(24-12-8-6-9-13-24)40-31-18-26(44)16-17-29(31)33/h4-18,20,23,25,27,32,44H,1-2,19,21-22H2,3H3,(H,39,45)(H,41,46)(H,42,48)/t23-,25-,27-,32+,38-/m1/s1. The Labute approximate surface area is 300 Å². The maximum absolute atomic E-state index is 14.1. The molecule has 4 aromatic rings. The Kier molecular flexibility index (Phi) is 9.85. The predicted molar refractivity (Wildman–Crippen MR) is 192 cm³/mol. The third kappa shape index (κ3) is 7.23. The number of pyridine rings is 1. The van der Waals surface area contributed by atoms with Crippen molar-refractivity contribution in [1.29, 1.82) is 0 Å². The van der Waals surface area contributed by atoms with Crippen LogP contribution in [0.15, 0.2) is 115 Å². The first-order valence-corrected chi connectivity index (χ1v) is 18.0. The molecule has 4 N–H and O–H groups in total. The third-order valence-electron chi connectivity index (χ3n) is 9.21. The molecule has 0 unspecified atom stereocenters. The highest BCUT2D eigenvalue weighted by molar-refractivity contribution is 7.90. The Morgan fingerprint density at radius 3 is 2.37 bits per heavy atom. The first-order valence-electron chi connectivity index (χ1n) is 16.5. The molecule has 2 heterocycles. The van der Waals surface area contributed by atoms with E-state index in [-0.39, 0.29) is 30.0 Å². The minimum atomic E-state index is -4.27. The number of sulfonamides is 1. The molecule has 1 aliphatic carbocycles. The highest BCUT2D eigenvalue weighted by Gasteiger charge is 2.61. The van der Waals surface area contributed by atoms with Crippen LogP contribution in [-0.4, -0.2) is 77.3 Å². The van der Waals surface area contributed by atoms with Gasteiger partial charge in [-0.15, -0.1) is 6.58 Å². The van der Waals surface area contributed by atoms with Gasteiger partial charge in [0.1, 0.15) is 35.2 Å². The van der Waals surface area contributed by atoms with Crippen molar-refractivity contribution in [2.75, 3.05) is 6.54 Å². The molecule has 2 aliphatic rings. The summed E-state index contributed by atoms with van der Waals surface area (Å²) in [5.41, 5.74) is 0.186. The maximum atomic E-state index is 14.1. The summed E-state index contributed by atoms with van der Waals surface area (Å²) in [6, 6.07) is 20.9. The number of fused-ring (bicyclic) bond motifs is 1. The Morgan fingerprint density at radius 2 is 1.71 bits per heavy atom. The number of carbonyl (C=O) groups excluding carboxylic acids is 4. The van der Waals surface area contributed by atoms with Gasteiger partial charge in [0.05, 0.1) is 22.7 Å². The van der Waals surface area contributed by atoms with E-state index in [1.165, 1.54) is 54.3 Å². The van der Waals surface area contributed by atoms with Gasteiger partial charge in [0.15, 0.2) is 0 Å². The Morgan fingerprint density at radius 1 is 1.02 bits per heavy atom. The molecule has 1 saturated heterocycles. The van der Waals surface area contributed by atoms with Gasteiger partial charge in [-0.05, 0) is 43.7 Å². The lowest BCUT2D eigenvalue weighted by molar-refractivity contribution is -0.141. The van der Waals surface area contributed by atoms with Gasteiger partial charge in [0.2, 0.25) is 17.7 Å². The zero-order valence-electron chi connectivity index (χ0n) is 28.2. The molecule has 14 heteroatoms. The molecular weight excluding hydrogens is 687 g/mol. The maximum Gasteiger partial charge on any atom is 0.264 e. The van der Waals surface area contributed by atoms with E-state index >= 15 is 0 Å². The normalized spacial score (nSPS) is 21.4. The summed E-state index contributed by atoms with van der Waals surface area (Å²) in [5.74, 6) is -3.01. The molecule has 3 aromatic carbocycles. The van der Waals surface area contributed by atoms with Crippen LogP contribution in [0, 0.1) is 5.92 Å². The number of benzene rings is 3. The molecule has 52 heavy (non-hydrogen) atoms. The summed E-state index contributed by atoms with van der Waals surface area (Å²) in [4.78, 5) is 59.5. The number of amides is 4.